The highest BCUT2D eigenvalue weighted by Gasteiger charge is 2.18. The van der Waals surface area contributed by atoms with Crippen molar-refractivity contribution >= 4 is 16.0 Å². The second-order valence-electron chi connectivity index (χ2n) is 4.37. The number of hydrogen-bond donors (Lipinski definition) is 3. The van der Waals surface area contributed by atoms with Crippen molar-refractivity contribution in [3.8, 4) is 0 Å². The average Bonchev–Trinajstić information content (AvgIpc) is 2.42. The quantitative estimate of drug-likeness (QED) is 0.567. The zero-order valence-electron chi connectivity index (χ0n) is 11.7. The molecular weight excluding hydrogens is 298 g/mol. The number of aromatic carboxylic acids is 1. The molecule has 0 radical (unpaired) electrons. The van der Waals surface area contributed by atoms with E-state index in [2.05, 4.69) is 4.72 Å². The molecule has 7 nitrogen and oxygen atoms in total. The Labute approximate surface area is 123 Å². The number of sulfonamides is 1. The van der Waals surface area contributed by atoms with Crippen LogP contribution in [0.4, 0.5) is 0 Å². The lowest BCUT2D eigenvalue weighted by atomic mass is 10.1. The molecule has 0 unspecified atom stereocenters. The van der Waals surface area contributed by atoms with E-state index in [4.69, 9.17) is 14.9 Å². The number of carboxylic acid groups (broad SMARTS) is 1. The lowest BCUT2D eigenvalue weighted by Gasteiger charge is -2.10. The highest BCUT2D eigenvalue weighted by atomic mass is 32.2. The van der Waals surface area contributed by atoms with Gasteiger partial charge in [0.1, 0.15) is 0 Å². The third kappa shape index (κ3) is 5.43. The Kier molecular flexibility index (Phi) is 6.76. The summed E-state index contributed by atoms with van der Waals surface area (Å²) < 4.78 is 31.7. The second kappa shape index (κ2) is 8.08. The summed E-state index contributed by atoms with van der Waals surface area (Å²) >= 11 is 0. The number of carboxylic acids is 1. The van der Waals surface area contributed by atoms with Crippen LogP contribution in [0.3, 0.4) is 0 Å². The summed E-state index contributed by atoms with van der Waals surface area (Å²) in [5, 5.41) is 17.4. The smallest absolute Gasteiger partial charge is 0.335 e. The van der Waals surface area contributed by atoms with Crippen LogP contribution in [0, 0.1) is 6.92 Å². The van der Waals surface area contributed by atoms with Crippen molar-refractivity contribution in [3.05, 3.63) is 29.3 Å². The largest absolute Gasteiger partial charge is 0.478 e. The van der Waals surface area contributed by atoms with E-state index >= 15 is 0 Å². The number of hydrogen-bond acceptors (Lipinski definition) is 5. The standard InChI is InChI=1S/C13H19NO6S/c1-10-3-4-11(13(16)17)9-12(10)21(18,19)14-5-2-7-20-8-6-15/h3-4,9,14-15H,2,5-8H2,1H3,(H,16,17). The minimum Gasteiger partial charge on any atom is -0.478 e. The highest BCUT2D eigenvalue weighted by molar-refractivity contribution is 7.89. The Morgan fingerprint density at radius 1 is 1.33 bits per heavy atom. The summed E-state index contributed by atoms with van der Waals surface area (Å²) in [6.45, 7) is 2.24. The number of carbonyl (C=O) groups is 1. The molecule has 21 heavy (non-hydrogen) atoms. The molecule has 0 spiro atoms. The molecule has 0 atom stereocenters. The van der Waals surface area contributed by atoms with E-state index in [1.54, 1.807) is 6.92 Å². The van der Waals surface area contributed by atoms with E-state index in [1.807, 2.05) is 0 Å². The van der Waals surface area contributed by atoms with Gasteiger partial charge in [-0.15, -0.1) is 0 Å². The molecule has 8 heteroatoms. The first-order chi connectivity index (χ1) is 9.88. The van der Waals surface area contributed by atoms with Gasteiger partial charge in [0, 0.05) is 13.2 Å². The molecule has 1 aromatic rings. The van der Waals surface area contributed by atoms with E-state index in [0.717, 1.165) is 6.07 Å². The number of benzene rings is 1. The molecule has 1 aromatic carbocycles. The first-order valence-corrected chi connectivity index (χ1v) is 7.89. The maximum absolute atomic E-state index is 12.1. The number of nitrogens with one attached hydrogen (secondary N) is 1. The zero-order chi connectivity index (χ0) is 15.9. The summed E-state index contributed by atoms with van der Waals surface area (Å²) in [5.41, 5.74) is 0.399. The van der Waals surface area contributed by atoms with Gasteiger partial charge in [-0.2, -0.15) is 0 Å². The van der Waals surface area contributed by atoms with Gasteiger partial charge in [-0.3, -0.25) is 0 Å². The Morgan fingerprint density at radius 2 is 2.05 bits per heavy atom. The predicted molar refractivity (Wildman–Crippen MR) is 75.8 cm³/mol. The van der Waals surface area contributed by atoms with Gasteiger partial charge in [-0.1, -0.05) is 6.07 Å². The van der Waals surface area contributed by atoms with Crippen LogP contribution < -0.4 is 4.72 Å². The molecular formula is C13H19NO6S. The van der Waals surface area contributed by atoms with Gasteiger partial charge in [0.05, 0.1) is 23.7 Å². The Balaban J connectivity index is 2.70. The van der Waals surface area contributed by atoms with Crippen molar-refractivity contribution in [2.45, 2.75) is 18.2 Å². The van der Waals surface area contributed by atoms with E-state index in [0.29, 0.717) is 18.6 Å². The van der Waals surface area contributed by atoms with Crippen molar-refractivity contribution < 1.29 is 28.2 Å². The second-order valence-corrected chi connectivity index (χ2v) is 6.11. The Hall–Kier alpha value is -1.48. The fraction of sp³-hybridized carbons (Fsp3) is 0.462. The van der Waals surface area contributed by atoms with Gasteiger partial charge < -0.3 is 14.9 Å². The topological polar surface area (TPSA) is 113 Å². The van der Waals surface area contributed by atoms with Crippen LogP contribution in [-0.2, 0) is 14.8 Å². The minimum atomic E-state index is -3.76. The number of aryl methyl sites for hydroxylation is 1. The number of rotatable bonds is 9. The van der Waals surface area contributed by atoms with Gasteiger partial charge in [0.25, 0.3) is 0 Å². The summed E-state index contributed by atoms with van der Waals surface area (Å²) in [7, 11) is -3.76. The molecule has 0 fully saturated rings. The lowest BCUT2D eigenvalue weighted by molar-refractivity contribution is 0.0696. The molecule has 0 aromatic heterocycles. The maximum atomic E-state index is 12.1. The molecule has 0 aliphatic carbocycles. The Morgan fingerprint density at radius 3 is 2.67 bits per heavy atom. The van der Waals surface area contributed by atoms with Crippen LogP contribution in [0.1, 0.15) is 22.3 Å². The first-order valence-electron chi connectivity index (χ1n) is 6.40. The normalized spacial score (nSPS) is 11.5. The molecule has 0 amide bonds. The zero-order valence-corrected chi connectivity index (χ0v) is 12.5. The summed E-state index contributed by atoms with van der Waals surface area (Å²) in [6.07, 6.45) is 0.455. The minimum absolute atomic E-state index is 0.0429. The maximum Gasteiger partial charge on any atom is 0.335 e. The summed E-state index contributed by atoms with van der Waals surface area (Å²) in [6, 6.07) is 3.96. The fourth-order valence-corrected chi connectivity index (χ4v) is 2.99. The van der Waals surface area contributed by atoms with Crippen LogP contribution in [-0.4, -0.2) is 51.0 Å². The highest BCUT2D eigenvalue weighted by Crippen LogP contribution is 2.17. The van der Waals surface area contributed by atoms with Gasteiger partial charge >= 0.3 is 5.97 Å². The summed E-state index contributed by atoms with van der Waals surface area (Å²) in [4.78, 5) is 10.9. The summed E-state index contributed by atoms with van der Waals surface area (Å²) in [5.74, 6) is -1.18. The third-order valence-electron chi connectivity index (χ3n) is 2.72. The van der Waals surface area contributed by atoms with Gasteiger partial charge in [-0.05, 0) is 31.0 Å². The number of aliphatic hydroxyl groups excluding tert-OH is 1. The Bertz CT molecular complexity index is 584. The van der Waals surface area contributed by atoms with Gasteiger partial charge in [-0.25, -0.2) is 17.9 Å². The molecule has 0 saturated heterocycles. The molecule has 0 aliphatic rings. The van der Waals surface area contributed by atoms with Crippen LogP contribution >= 0.6 is 0 Å². The van der Waals surface area contributed by atoms with E-state index < -0.39 is 16.0 Å². The lowest BCUT2D eigenvalue weighted by Crippen LogP contribution is -2.26. The molecule has 1 rings (SSSR count). The van der Waals surface area contributed by atoms with E-state index in [9.17, 15) is 13.2 Å². The van der Waals surface area contributed by atoms with Crippen LogP contribution in [0.25, 0.3) is 0 Å². The predicted octanol–water partition coefficient (Wildman–Crippen LogP) is 0.371. The van der Waals surface area contributed by atoms with Crippen LogP contribution in [0.2, 0.25) is 0 Å². The monoisotopic (exact) mass is 317 g/mol. The molecule has 0 aliphatic heterocycles. The molecule has 0 saturated carbocycles. The molecule has 3 N–H and O–H groups in total. The van der Waals surface area contributed by atoms with Crippen LogP contribution in [0.15, 0.2) is 23.1 Å². The van der Waals surface area contributed by atoms with Crippen molar-refractivity contribution in [3.63, 3.8) is 0 Å². The number of ether oxygens (including phenoxy) is 1. The SMILES string of the molecule is Cc1ccc(C(=O)O)cc1S(=O)(=O)NCCCOCCO. The fourth-order valence-electron chi connectivity index (χ4n) is 1.65. The van der Waals surface area contributed by atoms with Crippen molar-refractivity contribution in [1.82, 2.24) is 4.72 Å². The van der Waals surface area contributed by atoms with Crippen molar-refractivity contribution in [1.29, 1.82) is 0 Å². The molecule has 0 bridgehead atoms. The number of aliphatic hydroxyl groups is 1. The van der Waals surface area contributed by atoms with Crippen molar-refractivity contribution in [2.75, 3.05) is 26.4 Å². The van der Waals surface area contributed by atoms with Crippen molar-refractivity contribution in [2.24, 2.45) is 0 Å². The van der Waals surface area contributed by atoms with Crippen LogP contribution in [0.5, 0.6) is 0 Å². The van der Waals surface area contributed by atoms with Gasteiger partial charge in [0.15, 0.2) is 0 Å². The van der Waals surface area contributed by atoms with Gasteiger partial charge in [0.2, 0.25) is 10.0 Å². The molecule has 0 heterocycles. The third-order valence-corrected chi connectivity index (χ3v) is 4.32. The van der Waals surface area contributed by atoms with E-state index in [1.165, 1.54) is 12.1 Å². The first kappa shape index (κ1) is 17.6. The van der Waals surface area contributed by atoms with E-state index in [-0.39, 0.29) is 30.2 Å². The average molecular weight is 317 g/mol. The molecule has 118 valence electrons.